The lowest BCUT2D eigenvalue weighted by Gasteiger charge is -2.06. The summed E-state index contributed by atoms with van der Waals surface area (Å²) < 4.78 is 5.14. The fourth-order valence-corrected chi connectivity index (χ4v) is 1.63. The summed E-state index contributed by atoms with van der Waals surface area (Å²) >= 11 is 0. The summed E-state index contributed by atoms with van der Waals surface area (Å²) in [6.07, 6.45) is 1.34. The number of carboxylic acid groups (broad SMARTS) is 1. The minimum Gasteiger partial charge on any atom is -0.496 e. The molecular formula is C14H16O4. The summed E-state index contributed by atoms with van der Waals surface area (Å²) in [5.41, 5.74) is 2.01. The molecule has 1 N–H and O–H groups in total. The van der Waals surface area contributed by atoms with Gasteiger partial charge < -0.3 is 9.84 Å². The van der Waals surface area contributed by atoms with Crippen LogP contribution in [0.15, 0.2) is 23.8 Å². The van der Waals surface area contributed by atoms with Crippen LogP contribution in [0.1, 0.15) is 24.5 Å². The van der Waals surface area contributed by atoms with Crippen LogP contribution in [0.2, 0.25) is 0 Å². The highest BCUT2D eigenvalue weighted by Gasteiger charge is 2.09. The molecular weight excluding hydrogens is 232 g/mol. The van der Waals surface area contributed by atoms with Crippen LogP contribution in [0.4, 0.5) is 0 Å². The molecule has 0 aliphatic rings. The third-order valence-corrected chi connectivity index (χ3v) is 2.55. The molecule has 0 saturated carbocycles. The molecule has 0 unspecified atom stereocenters. The van der Waals surface area contributed by atoms with E-state index in [1.54, 1.807) is 25.3 Å². The molecule has 18 heavy (non-hydrogen) atoms. The van der Waals surface area contributed by atoms with Gasteiger partial charge in [0, 0.05) is 5.57 Å². The molecule has 0 fully saturated rings. The number of benzene rings is 1. The lowest BCUT2D eigenvalue weighted by atomic mass is 10.0. The minimum absolute atomic E-state index is 0.231. The van der Waals surface area contributed by atoms with Gasteiger partial charge in [0.1, 0.15) is 5.75 Å². The van der Waals surface area contributed by atoms with Gasteiger partial charge in [0.25, 0.3) is 0 Å². The first-order chi connectivity index (χ1) is 8.43. The number of aryl methyl sites for hydroxylation is 1. The van der Waals surface area contributed by atoms with Crippen LogP contribution in [-0.2, 0) is 9.59 Å². The van der Waals surface area contributed by atoms with Gasteiger partial charge in [0.2, 0.25) is 0 Å². The quantitative estimate of drug-likeness (QED) is 0.813. The van der Waals surface area contributed by atoms with E-state index in [0.29, 0.717) is 0 Å². The van der Waals surface area contributed by atoms with Crippen molar-refractivity contribution in [3.63, 3.8) is 0 Å². The van der Waals surface area contributed by atoms with Crippen LogP contribution >= 0.6 is 0 Å². The molecule has 4 nitrogen and oxygen atoms in total. The van der Waals surface area contributed by atoms with Gasteiger partial charge in [0.05, 0.1) is 13.5 Å². The zero-order valence-electron chi connectivity index (χ0n) is 10.7. The number of rotatable bonds is 5. The standard InChI is InChI=1S/C14H16O4/c1-9-6-11(4-5-13(9)18-3)7-12(10(2)15)8-14(16)17/h4-7H,8H2,1-3H3,(H,16,17)/b12-7+. The van der Waals surface area contributed by atoms with Crippen molar-refractivity contribution in [2.24, 2.45) is 0 Å². The number of carboxylic acids is 1. The first-order valence-electron chi connectivity index (χ1n) is 5.52. The Kier molecular flexibility index (Phi) is 4.66. The van der Waals surface area contributed by atoms with E-state index in [0.717, 1.165) is 16.9 Å². The third-order valence-electron chi connectivity index (χ3n) is 2.55. The van der Waals surface area contributed by atoms with Gasteiger partial charge in [-0.15, -0.1) is 0 Å². The molecule has 0 spiro atoms. The highest BCUT2D eigenvalue weighted by atomic mass is 16.5. The maximum atomic E-state index is 11.3. The van der Waals surface area contributed by atoms with Crippen LogP contribution < -0.4 is 4.74 Å². The first-order valence-corrected chi connectivity index (χ1v) is 5.52. The van der Waals surface area contributed by atoms with Crippen molar-refractivity contribution in [1.82, 2.24) is 0 Å². The zero-order valence-corrected chi connectivity index (χ0v) is 10.7. The summed E-state index contributed by atoms with van der Waals surface area (Å²) in [5, 5.41) is 8.73. The Morgan fingerprint density at radius 1 is 1.39 bits per heavy atom. The van der Waals surface area contributed by atoms with Crippen molar-refractivity contribution in [2.75, 3.05) is 7.11 Å². The Morgan fingerprint density at radius 2 is 2.06 bits per heavy atom. The van der Waals surface area contributed by atoms with Gasteiger partial charge in [0.15, 0.2) is 5.78 Å². The Labute approximate surface area is 106 Å². The molecule has 0 bridgehead atoms. The molecule has 0 saturated heterocycles. The van der Waals surface area contributed by atoms with Crippen LogP contribution in [0.3, 0.4) is 0 Å². The number of Topliss-reactive ketones (excluding diaryl/α,β-unsaturated/α-hetero) is 1. The van der Waals surface area contributed by atoms with Gasteiger partial charge >= 0.3 is 5.97 Å². The molecule has 0 amide bonds. The van der Waals surface area contributed by atoms with Gasteiger partial charge in [-0.2, -0.15) is 0 Å². The number of ether oxygens (including phenoxy) is 1. The normalized spacial score (nSPS) is 11.2. The van der Waals surface area contributed by atoms with Crippen molar-refractivity contribution in [1.29, 1.82) is 0 Å². The monoisotopic (exact) mass is 248 g/mol. The summed E-state index contributed by atoms with van der Waals surface area (Å²) in [6.45, 7) is 3.26. The lowest BCUT2D eigenvalue weighted by Crippen LogP contribution is -2.04. The van der Waals surface area contributed by atoms with Crippen molar-refractivity contribution >= 4 is 17.8 Å². The number of aliphatic carboxylic acids is 1. The fraction of sp³-hybridized carbons (Fsp3) is 0.286. The first kappa shape index (κ1) is 14.0. The van der Waals surface area contributed by atoms with E-state index in [4.69, 9.17) is 9.84 Å². The predicted octanol–water partition coefficient (Wildman–Crippen LogP) is 2.45. The maximum absolute atomic E-state index is 11.3. The largest absolute Gasteiger partial charge is 0.496 e. The van der Waals surface area contributed by atoms with Crippen molar-refractivity contribution in [3.05, 3.63) is 34.9 Å². The van der Waals surface area contributed by atoms with E-state index in [1.807, 2.05) is 13.0 Å². The van der Waals surface area contributed by atoms with Gasteiger partial charge in [-0.25, -0.2) is 0 Å². The van der Waals surface area contributed by atoms with Crippen LogP contribution in [0.25, 0.3) is 6.08 Å². The Bertz CT molecular complexity index is 501. The second kappa shape index (κ2) is 6.00. The Morgan fingerprint density at radius 3 is 2.50 bits per heavy atom. The van der Waals surface area contributed by atoms with Crippen LogP contribution in [-0.4, -0.2) is 24.0 Å². The molecule has 1 aromatic rings. The molecule has 0 aromatic heterocycles. The number of hydrogen-bond acceptors (Lipinski definition) is 3. The SMILES string of the molecule is COc1ccc(/C=C(\CC(=O)O)C(C)=O)cc1C. The van der Waals surface area contributed by atoms with Crippen LogP contribution in [0, 0.1) is 6.92 Å². The molecule has 0 aliphatic carbocycles. The van der Waals surface area contributed by atoms with Crippen LogP contribution in [0.5, 0.6) is 5.75 Å². The number of carbonyl (C=O) groups excluding carboxylic acids is 1. The van der Waals surface area contributed by atoms with Crippen molar-refractivity contribution in [2.45, 2.75) is 20.3 Å². The molecule has 1 aromatic carbocycles. The molecule has 0 atom stereocenters. The number of hydrogen-bond donors (Lipinski definition) is 1. The maximum Gasteiger partial charge on any atom is 0.307 e. The van der Waals surface area contributed by atoms with E-state index in [1.165, 1.54) is 6.92 Å². The van der Waals surface area contributed by atoms with Crippen molar-refractivity contribution < 1.29 is 19.4 Å². The van der Waals surface area contributed by atoms with E-state index < -0.39 is 5.97 Å². The average molecular weight is 248 g/mol. The molecule has 1 rings (SSSR count). The second-order valence-corrected chi connectivity index (χ2v) is 4.03. The Hall–Kier alpha value is -2.10. The molecule has 0 radical (unpaired) electrons. The summed E-state index contributed by atoms with van der Waals surface area (Å²) in [4.78, 5) is 22.0. The van der Waals surface area contributed by atoms with E-state index in [-0.39, 0.29) is 17.8 Å². The Balaban J connectivity index is 3.08. The van der Waals surface area contributed by atoms with Crippen molar-refractivity contribution in [3.8, 4) is 5.75 Å². The van der Waals surface area contributed by atoms with E-state index in [2.05, 4.69) is 0 Å². The second-order valence-electron chi connectivity index (χ2n) is 4.03. The molecule has 0 heterocycles. The molecule has 4 heteroatoms. The van der Waals surface area contributed by atoms with Gasteiger partial charge in [-0.1, -0.05) is 6.07 Å². The number of carbonyl (C=O) groups is 2. The fourth-order valence-electron chi connectivity index (χ4n) is 1.63. The minimum atomic E-state index is -1.01. The topological polar surface area (TPSA) is 63.6 Å². The summed E-state index contributed by atoms with van der Waals surface area (Å²) in [5.74, 6) is -0.484. The number of methoxy groups -OCH3 is 1. The van der Waals surface area contributed by atoms with Gasteiger partial charge in [-0.3, -0.25) is 9.59 Å². The predicted molar refractivity (Wildman–Crippen MR) is 68.6 cm³/mol. The van der Waals surface area contributed by atoms with Gasteiger partial charge in [-0.05, 0) is 43.2 Å². The zero-order chi connectivity index (χ0) is 13.7. The molecule has 0 aliphatic heterocycles. The van der Waals surface area contributed by atoms with E-state index >= 15 is 0 Å². The summed E-state index contributed by atoms with van der Waals surface area (Å²) in [6, 6.07) is 5.43. The molecule has 96 valence electrons. The smallest absolute Gasteiger partial charge is 0.307 e. The highest BCUT2D eigenvalue weighted by molar-refractivity contribution is 6.01. The third kappa shape index (κ3) is 3.73. The lowest BCUT2D eigenvalue weighted by molar-refractivity contribution is -0.136. The average Bonchev–Trinajstić information content (AvgIpc) is 2.27. The van der Waals surface area contributed by atoms with E-state index in [9.17, 15) is 9.59 Å². The summed E-state index contributed by atoms with van der Waals surface area (Å²) in [7, 11) is 1.59. The number of ketones is 1. The highest BCUT2D eigenvalue weighted by Crippen LogP contribution is 2.20.